The van der Waals surface area contributed by atoms with Crippen molar-refractivity contribution in [3.05, 3.63) is 53.1 Å². The summed E-state index contributed by atoms with van der Waals surface area (Å²) in [5, 5.41) is 3.59. The van der Waals surface area contributed by atoms with Crippen LogP contribution in [0.5, 0.6) is 17.2 Å². The topological polar surface area (TPSA) is 56.8 Å². The highest BCUT2D eigenvalue weighted by Crippen LogP contribution is 2.33. The van der Waals surface area contributed by atoms with E-state index in [1.807, 2.05) is 45.0 Å². The lowest BCUT2D eigenvalue weighted by Gasteiger charge is -2.28. The molecule has 0 saturated heterocycles. The summed E-state index contributed by atoms with van der Waals surface area (Å²) in [6.45, 7) is 6.43. The summed E-state index contributed by atoms with van der Waals surface area (Å²) >= 11 is 0. The van der Waals surface area contributed by atoms with Crippen molar-refractivity contribution in [2.45, 2.75) is 39.7 Å². The molecule has 0 amide bonds. The van der Waals surface area contributed by atoms with Gasteiger partial charge in [-0.15, -0.1) is 0 Å². The van der Waals surface area contributed by atoms with Gasteiger partial charge in [0.2, 0.25) is 0 Å². The zero-order valence-corrected chi connectivity index (χ0v) is 17.3. The van der Waals surface area contributed by atoms with Gasteiger partial charge in [-0.3, -0.25) is 4.79 Å². The third-order valence-electron chi connectivity index (χ3n) is 4.99. The van der Waals surface area contributed by atoms with Crippen molar-refractivity contribution < 1.29 is 19.0 Å². The Morgan fingerprint density at radius 2 is 1.86 bits per heavy atom. The SMILES string of the molecule is COc1ccc2c(c1)CCNC2Cc1ccc(OC)c(OC(=O)C(C)(C)C)c1. The molecule has 1 aliphatic heterocycles. The molecule has 2 aromatic carbocycles. The molecule has 0 aliphatic carbocycles. The molecule has 1 atom stereocenters. The van der Waals surface area contributed by atoms with Crippen molar-refractivity contribution in [3.63, 3.8) is 0 Å². The average Bonchev–Trinajstić information content (AvgIpc) is 2.67. The van der Waals surface area contributed by atoms with Crippen LogP contribution in [0.4, 0.5) is 0 Å². The van der Waals surface area contributed by atoms with E-state index in [0.717, 1.165) is 30.7 Å². The minimum atomic E-state index is -0.579. The number of hydrogen-bond acceptors (Lipinski definition) is 5. The zero-order chi connectivity index (χ0) is 20.3. The lowest BCUT2D eigenvalue weighted by atomic mass is 9.90. The molecule has 28 heavy (non-hydrogen) atoms. The minimum Gasteiger partial charge on any atom is -0.497 e. The molecule has 3 rings (SSSR count). The van der Waals surface area contributed by atoms with Crippen LogP contribution >= 0.6 is 0 Å². The van der Waals surface area contributed by atoms with Crippen LogP contribution in [0.15, 0.2) is 36.4 Å². The summed E-state index contributed by atoms with van der Waals surface area (Å²) in [5.74, 6) is 1.63. The Hall–Kier alpha value is -2.53. The molecule has 150 valence electrons. The first kappa shape index (κ1) is 20.2. The first-order valence-corrected chi connectivity index (χ1v) is 9.61. The monoisotopic (exact) mass is 383 g/mol. The second-order valence-electron chi connectivity index (χ2n) is 8.15. The van der Waals surface area contributed by atoms with Crippen LogP contribution < -0.4 is 19.5 Å². The minimum absolute atomic E-state index is 0.203. The highest BCUT2D eigenvalue weighted by molar-refractivity contribution is 5.78. The fraction of sp³-hybridized carbons (Fsp3) is 0.435. The van der Waals surface area contributed by atoms with Gasteiger partial charge >= 0.3 is 5.97 Å². The Kier molecular flexibility index (Phi) is 5.94. The van der Waals surface area contributed by atoms with Crippen molar-refractivity contribution in [2.24, 2.45) is 5.41 Å². The first-order chi connectivity index (χ1) is 13.3. The van der Waals surface area contributed by atoms with Crippen molar-refractivity contribution >= 4 is 5.97 Å². The van der Waals surface area contributed by atoms with Crippen LogP contribution in [-0.2, 0) is 17.6 Å². The van der Waals surface area contributed by atoms with Crippen LogP contribution in [0.3, 0.4) is 0 Å². The van der Waals surface area contributed by atoms with Crippen molar-refractivity contribution in [1.29, 1.82) is 0 Å². The third kappa shape index (κ3) is 4.47. The molecule has 2 aromatic rings. The van der Waals surface area contributed by atoms with E-state index < -0.39 is 5.41 Å². The molecule has 0 bridgehead atoms. The molecule has 0 saturated carbocycles. The van der Waals surface area contributed by atoms with Gasteiger partial charge in [0.15, 0.2) is 11.5 Å². The maximum absolute atomic E-state index is 12.3. The number of hydrogen-bond donors (Lipinski definition) is 1. The lowest BCUT2D eigenvalue weighted by Crippen LogP contribution is -2.31. The molecule has 1 heterocycles. The van der Waals surface area contributed by atoms with Crippen LogP contribution in [0.25, 0.3) is 0 Å². The molecule has 1 N–H and O–H groups in total. The summed E-state index contributed by atoms with van der Waals surface area (Å²) in [5.41, 5.74) is 3.11. The molecule has 0 spiro atoms. The van der Waals surface area contributed by atoms with Gasteiger partial charge in [-0.2, -0.15) is 0 Å². The van der Waals surface area contributed by atoms with E-state index in [0.29, 0.717) is 11.5 Å². The van der Waals surface area contributed by atoms with E-state index >= 15 is 0 Å². The third-order valence-corrected chi connectivity index (χ3v) is 4.99. The number of carbonyl (C=O) groups is 1. The van der Waals surface area contributed by atoms with Crippen LogP contribution in [0, 0.1) is 5.41 Å². The van der Waals surface area contributed by atoms with Gasteiger partial charge in [0.1, 0.15) is 5.75 Å². The highest BCUT2D eigenvalue weighted by Gasteiger charge is 2.26. The van der Waals surface area contributed by atoms with E-state index in [-0.39, 0.29) is 12.0 Å². The second-order valence-corrected chi connectivity index (χ2v) is 8.15. The quantitative estimate of drug-likeness (QED) is 0.623. The van der Waals surface area contributed by atoms with Crippen molar-refractivity contribution in [1.82, 2.24) is 5.32 Å². The Morgan fingerprint density at radius 3 is 2.54 bits per heavy atom. The first-order valence-electron chi connectivity index (χ1n) is 9.61. The predicted molar refractivity (Wildman–Crippen MR) is 109 cm³/mol. The Bertz CT molecular complexity index is 854. The number of rotatable bonds is 5. The summed E-state index contributed by atoms with van der Waals surface area (Å²) in [6, 6.07) is 12.2. The fourth-order valence-corrected chi connectivity index (χ4v) is 3.36. The van der Waals surface area contributed by atoms with Crippen molar-refractivity contribution in [2.75, 3.05) is 20.8 Å². The predicted octanol–water partition coefficient (Wildman–Crippen LogP) is 4.08. The summed E-state index contributed by atoms with van der Waals surface area (Å²) in [4.78, 5) is 12.3. The molecular weight excluding hydrogens is 354 g/mol. The van der Waals surface area contributed by atoms with E-state index in [9.17, 15) is 4.79 Å². The van der Waals surface area contributed by atoms with Gasteiger partial charge in [-0.1, -0.05) is 12.1 Å². The van der Waals surface area contributed by atoms with Crippen LogP contribution in [-0.4, -0.2) is 26.7 Å². The summed E-state index contributed by atoms with van der Waals surface area (Å²) < 4.78 is 16.4. The lowest BCUT2D eigenvalue weighted by molar-refractivity contribution is -0.143. The molecule has 0 radical (unpaired) electrons. The molecule has 1 unspecified atom stereocenters. The van der Waals surface area contributed by atoms with Crippen LogP contribution in [0.1, 0.15) is 43.5 Å². The maximum Gasteiger partial charge on any atom is 0.316 e. The van der Waals surface area contributed by atoms with E-state index in [1.54, 1.807) is 14.2 Å². The van der Waals surface area contributed by atoms with Gasteiger partial charge in [0.25, 0.3) is 0 Å². The highest BCUT2D eigenvalue weighted by atomic mass is 16.6. The molecule has 1 aliphatic rings. The molecular formula is C23H29NO4. The molecule has 5 nitrogen and oxygen atoms in total. The summed E-state index contributed by atoms with van der Waals surface area (Å²) in [6.07, 6.45) is 1.78. The van der Waals surface area contributed by atoms with Gasteiger partial charge in [-0.25, -0.2) is 0 Å². The number of esters is 1. The number of ether oxygens (including phenoxy) is 3. The molecule has 0 aromatic heterocycles. The molecule has 0 fully saturated rings. The molecule has 5 heteroatoms. The van der Waals surface area contributed by atoms with Gasteiger partial charge in [0.05, 0.1) is 19.6 Å². The van der Waals surface area contributed by atoms with E-state index in [1.165, 1.54) is 11.1 Å². The van der Waals surface area contributed by atoms with Gasteiger partial charge < -0.3 is 19.5 Å². The normalized spacial score (nSPS) is 16.2. The number of benzene rings is 2. The number of nitrogens with one attached hydrogen (secondary N) is 1. The Labute approximate surface area is 167 Å². The van der Waals surface area contributed by atoms with E-state index in [2.05, 4.69) is 17.4 Å². The fourth-order valence-electron chi connectivity index (χ4n) is 3.36. The van der Waals surface area contributed by atoms with Gasteiger partial charge in [0, 0.05) is 6.04 Å². The van der Waals surface area contributed by atoms with E-state index in [4.69, 9.17) is 14.2 Å². The van der Waals surface area contributed by atoms with Crippen LogP contribution in [0.2, 0.25) is 0 Å². The number of fused-ring (bicyclic) bond motifs is 1. The maximum atomic E-state index is 12.3. The smallest absolute Gasteiger partial charge is 0.316 e. The number of carbonyl (C=O) groups excluding carboxylic acids is 1. The Morgan fingerprint density at radius 1 is 1.07 bits per heavy atom. The second kappa shape index (κ2) is 8.23. The summed E-state index contributed by atoms with van der Waals surface area (Å²) in [7, 11) is 3.27. The standard InChI is InChI=1S/C23H29NO4/c1-23(2,3)22(25)28-21-13-15(6-9-20(21)27-5)12-19-18-8-7-17(26-4)14-16(18)10-11-24-19/h6-9,13-14,19,24H,10-12H2,1-5H3. The van der Waals surface area contributed by atoms with Gasteiger partial charge in [-0.05, 0) is 81.1 Å². The van der Waals surface area contributed by atoms with Crippen molar-refractivity contribution in [3.8, 4) is 17.2 Å². The Balaban J connectivity index is 1.84. The number of methoxy groups -OCH3 is 2. The average molecular weight is 383 g/mol. The largest absolute Gasteiger partial charge is 0.497 e. The zero-order valence-electron chi connectivity index (χ0n) is 17.3.